The first kappa shape index (κ1) is 28.4. The van der Waals surface area contributed by atoms with Crippen molar-refractivity contribution in [3.05, 3.63) is 89.2 Å². The van der Waals surface area contributed by atoms with Crippen molar-refractivity contribution in [2.45, 2.75) is 51.6 Å². The highest BCUT2D eigenvalue weighted by Crippen LogP contribution is 2.28. The third kappa shape index (κ3) is 7.09. The molecule has 0 amide bonds. The lowest BCUT2D eigenvalue weighted by atomic mass is 9.93. The van der Waals surface area contributed by atoms with Crippen LogP contribution in [0.2, 0.25) is 0 Å². The molecule has 0 aliphatic carbocycles. The van der Waals surface area contributed by atoms with Crippen LogP contribution in [0, 0.1) is 5.82 Å². The van der Waals surface area contributed by atoms with Crippen molar-refractivity contribution >= 4 is 17.3 Å². The Labute approximate surface area is 231 Å². The SMILES string of the molecule is CC[C@H](CCC(C)c1ccccc1)N(C)Cc1ccc(N2CCN(c3ccc(C(=O)O)c(O)c3)CC2)cc1F. The maximum atomic E-state index is 15.2. The number of aromatic carboxylic acids is 1. The normalized spacial score (nSPS) is 15.4. The van der Waals surface area contributed by atoms with E-state index in [2.05, 4.69) is 65.9 Å². The zero-order valence-electron chi connectivity index (χ0n) is 23.2. The fourth-order valence-electron chi connectivity index (χ4n) is 5.51. The van der Waals surface area contributed by atoms with E-state index in [0.717, 1.165) is 30.6 Å². The summed E-state index contributed by atoms with van der Waals surface area (Å²) in [4.78, 5) is 17.7. The molecule has 208 valence electrons. The van der Waals surface area contributed by atoms with Crippen molar-refractivity contribution < 1.29 is 19.4 Å². The summed E-state index contributed by atoms with van der Waals surface area (Å²) in [5.74, 6) is -1.06. The van der Waals surface area contributed by atoms with Gasteiger partial charge in [-0.05, 0) is 62.1 Å². The number of hydrogen-bond donors (Lipinski definition) is 2. The number of benzene rings is 3. The third-order valence-corrected chi connectivity index (χ3v) is 8.07. The Kier molecular flexibility index (Phi) is 9.46. The van der Waals surface area contributed by atoms with Crippen molar-refractivity contribution in [3.8, 4) is 5.75 Å². The Balaban J connectivity index is 1.31. The number of aromatic hydroxyl groups is 1. The molecule has 1 fully saturated rings. The second-order valence-corrected chi connectivity index (χ2v) is 10.6. The van der Waals surface area contributed by atoms with Crippen LogP contribution in [0.5, 0.6) is 5.75 Å². The van der Waals surface area contributed by atoms with Crippen LogP contribution in [-0.4, -0.2) is 60.4 Å². The van der Waals surface area contributed by atoms with E-state index in [4.69, 9.17) is 5.11 Å². The molecular weight excluding hydrogens is 493 g/mol. The van der Waals surface area contributed by atoms with Gasteiger partial charge in [0.25, 0.3) is 0 Å². The molecule has 39 heavy (non-hydrogen) atoms. The van der Waals surface area contributed by atoms with Crippen LogP contribution >= 0.6 is 0 Å². The number of halogens is 1. The molecule has 0 aromatic heterocycles. The molecule has 6 nitrogen and oxygen atoms in total. The largest absolute Gasteiger partial charge is 0.507 e. The molecule has 2 N–H and O–H groups in total. The number of rotatable bonds is 11. The van der Waals surface area contributed by atoms with Gasteiger partial charge in [0, 0.05) is 61.8 Å². The van der Waals surface area contributed by atoms with Gasteiger partial charge < -0.3 is 20.0 Å². The molecule has 1 saturated heterocycles. The molecule has 0 bridgehead atoms. The van der Waals surface area contributed by atoms with E-state index in [9.17, 15) is 9.90 Å². The highest BCUT2D eigenvalue weighted by molar-refractivity contribution is 5.91. The van der Waals surface area contributed by atoms with Crippen molar-refractivity contribution in [2.75, 3.05) is 43.0 Å². The van der Waals surface area contributed by atoms with E-state index in [-0.39, 0.29) is 17.1 Å². The summed E-state index contributed by atoms with van der Waals surface area (Å²) in [6.45, 7) is 7.85. The van der Waals surface area contributed by atoms with Crippen molar-refractivity contribution in [1.29, 1.82) is 0 Å². The molecule has 4 rings (SSSR count). The number of hydrogen-bond acceptors (Lipinski definition) is 5. The Hall–Kier alpha value is -3.58. The molecule has 1 aliphatic rings. The molecule has 2 atom stereocenters. The standard InChI is InChI=1S/C32H40FN3O3/c1-4-26(12-10-23(2)24-8-6-5-7-9-24)34(3)22-25-11-13-27(20-30(25)33)35-16-18-36(19-17-35)28-14-15-29(32(38)39)31(37)21-28/h5-9,11,13-15,20-21,23,26,37H,4,10,12,16-19,22H2,1-3H3,(H,38,39)/t23?,26-/m1/s1. The van der Waals surface area contributed by atoms with Crippen LogP contribution in [0.3, 0.4) is 0 Å². The van der Waals surface area contributed by atoms with E-state index in [1.807, 2.05) is 12.1 Å². The lowest BCUT2D eigenvalue weighted by Gasteiger charge is -2.37. The van der Waals surface area contributed by atoms with Crippen LogP contribution in [-0.2, 0) is 6.54 Å². The number of nitrogens with zero attached hydrogens (tertiary/aromatic N) is 3. The summed E-state index contributed by atoms with van der Waals surface area (Å²) in [5.41, 5.74) is 3.62. The summed E-state index contributed by atoms with van der Waals surface area (Å²) in [6, 6.07) is 21.2. The van der Waals surface area contributed by atoms with Crippen LogP contribution in [0.25, 0.3) is 0 Å². The van der Waals surface area contributed by atoms with Crippen LogP contribution < -0.4 is 9.80 Å². The summed E-state index contributed by atoms with van der Waals surface area (Å²) < 4.78 is 15.2. The average molecular weight is 534 g/mol. The average Bonchev–Trinajstić information content (AvgIpc) is 2.94. The highest BCUT2D eigenvalue weighted by atomic mass is 19.1. The van der Waals surface area contributed by atoms with Crippen molar-refractivity contribution in [1.82, 2.24) is 4.90 Å². The summed E-state index contributed by atoms with van der Waals surface area (Å²) in [6.07, 6.45) is 3.20. The molecule has 1 heterocycles. The van der Waals surface area contributed by atoms with Gasteiger partial charge in [-0.3, -0.25) is 4.90 Å². The van der Waals surface area contributed by atoms with E-state index < -0.39 is 5.97 Å². The summed E-state index contributed by atoms with van der Waals surface area (Å²) >= 11 is 0. The van der Waals surface area contributed by atoms with Crippen LogP contribution in [0.15, 0.2) is 66.7 Å². The molecule has 1 unspecified atom stereocenters. The highest BCUT2D eigenvalue weighted by Gasteiger charge is 2.21. The Morgan fingerprint density at radius 2 is 1.56 bits per heavy atom. The van der Waals surface area contributed by atoms with Gasteiger partial charge in [0.05, 0.1) is 0 Å². The van der Waals surface area contributed by atoms with Gasteiger partial charge in [0.1, 0.15) is 17.1 Å². The first-order valence-corrected chi connectivity index (χ1v) is 13.9. The van der Waals surface area contributed by atoms with E-state index in [1.54, 1.807) is 12.1 Å². The van der Waals surface area contributed by atoms with Gasteiger partial charge in [-0.2, -0.15) is 0 Å². The number of anilines is 2. The molecule has 0 spiro atoms. The van der Waals surface area contributed by atoms with Crippen molar-refractivity contribution in [2.24, 2.45) is 0 Å². The van der Waals surface area contributed by atoms with Crippen LogP contribution in [0.1, 0.15) is 60.5 Å². The lowest BCUT2D eigenvalue weighted by molar-refractivity contribution is 0.0693. The molecule has 7 heteroatoms. The second-order valence-electron chi connectivity index (χ2n) is 10.6. The molecular formula is C32H40FN3O3. The summed E-state index contributed by atoms with van der Waals surface area (Å²) in [7, 11) is 2.09. The minimum absolute atomic E-state index is 0.106. The zero-order chi connectivity index (χ0) is 27.9. The van der Waals surface area contributed by atoms with Gasteiger partial charge in [-0.25, -0.2) is 9.18 Å². The monoisotopic (exact) mass is 533 g/mol. The Morgan fingerprint density at radius 1 is 0.949 bits per heavy atom. The number of carbonyl (C=O) groups is 1. The first-order valence-electron chi connectivity index (χ1n) is 13.9. The number of piperazine rings is 1. The lowest BCUT2D eigenvalue weighted by Crippen LogP contribution is -2.46. The fourth-order valence-corrected chi connectivity index (χ4v) is 5.51. The van der Waals surface area contributed by atoms with Gasteiger partial charge >= 0.3 is 5.97 Å². The fraction of sp³-hybridized carbons (Fsp3) is 0.406. The quantitative estimate of drug-likeness (QED) is 0.299. The number of carboxylic acids is 1. The predicted molar refractivity (Wildman–Crippen MR) is 156 cm³/mol. The third-order valence-electron chi connectivity index (χ3n) is 8.07. The first-order chi connectivity index (χ1) is 18.8. The minimum Gasteiger partial charge on any atom is -0.507 e. The van der Waals surface area contributed by atoms with E-state index in [1.165, 1.54) is 17.7 Å². The zero-order valence-corrected chi connectivity index (χ0v) is 23.2. The maximum absolute atomic E-state index is 15.2. The number of phenols is 1. The van der Waals surface area contributed by atoms with Gasteiger partial charge in [-0.1, -0.05) is 50.2 Å². The second kappa shape index (κ2) is 13.0. The Bertz CT molecular complexity index is 1240. The molecule has 3 aromatic carbocycles. The van der Waals surface area contributed by atoms with Gasteiger partial charge in [-0.15, -0.1) is 0 Å². The molecule has 3 aromatic rings. The van der Waals surface area contributed by atoms with Gasteiger partial charge in [0.15, 0.2) is 0 Å². The van der Waals surface area contributed by atoms with E-state index >= 15 is 4.39 Å². The smallest absolute Gasteiger partial charge is 0.339 e. The van der Waals surface area contributed by atoms with E-state index in [0.29, 0.717) is 50.2 Å². The maximum Gasteiger partial charge on any atom is 0.339 e. The minimum atomic E-state index is -1.15. The Morgan fingerprint density at radius 3 is 2.13 bits per heavy atom. The number of carboxylic acid groups (broad SMARTS) is 1. The molecule has 0 saturated carbocycles. The van der Waals surface area contributed by atoms with Crippen LogP contribution in [0.4, 0.5) is 15.8 Å². The topological polar surface area (TPSA) is 67.2 Å². The summed E-state index contributed by atoms with van der Waals surface area (Å²) in [5, 5.41) is 19.2. The predicted octanol–water partition coefficient (Wildman–Crippen LogP) is 6.35. The molecule has 0 radical (unpaired) electrons. The van der Waals surface area contributed by atoms with Crippen molar-refractivity contribution in [3.63, 3.8) is 0 Å². The molecule has 1 aliphatic heterocycles. The van der Waals surface area contributed by atoms with Gasteiger partial charge in [0.2, 0.25) is 0 Å².